The average Bonchev–Trinajstić information content (AvgIpc) is 2.43. The molecule has 0 unspecified atom stereocenters. The first-order valence-electron chi connectivity index (χ1n) is 6.94. The van der Waals surface area contributed by atoms with Crippen LogP contribution in [0.2, 0.25) is 0 Å². The van der Waals surface area contributed by atoms with Crippen LogP contribution in [0.3, 0.4) is 0 Å². The van der Waals surface area contributed by atoms with Crippen molar-refractivity contribution in [3.05, 3.63) is 28.2 Å². The fourth-order valence-electron chi connectivity index (χ4n) is 2.30. The van der Waals surface area contributed by atoms with Crippen molar-refractivity contribution in [2.75, 3.05) is 0 Å². The molecule has 1 N–H and O–H groups in total. The minimum absolute atomic E-state index is 0.0460. The van der Waals surface area contributed by atoms with Gasteiger partial charge in [-0.1, -0.05) is 36.7 Å². The fraction of sp³-hybridized carbons (Fsp3) is 0.600. The van der Waals surface area contributed by atoms with Crippen LogP contribution in [0.15, 0.2) is 22.7 Å². The Hall–Kier alpha value is -0.680. The second kappa shape index (κ2) is 7.93. The van der Waals surface area contributed by atoms with Gasteiger partial charge in [-0.15, -0.1) is 0 Å². The Morgan fingerprint density at radius 2 is 1.80 bits per heavy atom. The van der Waals surface area contributed by atoms with Gasteiger partial charge in [0.25, 0.3) is 0 Å². The molecule has 2 nitrogen and oxygen atoms in total. The molecule has 0 spiro atoms. The highest BCUT2D eigenvalue weighted by Gasteiger charge is 2.23. The third kappa shape index (κ3) is 4.70. The molecule has 0 amide bonds. The lowest BCUT2D eigenvalue weighted by molar-refractivity contribution is -0.0505. The highest BCUT2D eigenvalue weighted by atomic mass is 79.9. The van der Waals surface area contributed by atoms with E-state index in [2.05, 4.69) is 46.8 Å². The fourth-order valence-corrected chi connectivity index (χ4v) is 2.71. The summed E-state index contributed by atoms with van der Waals surface area (Å²) in [6.45, 7) is 4.12. The van der Waals surface area contributed by atoms with E-state index >= 15 is 0 Å². The second-order valence-electron chi connectivity index (χ2n) is 4.83. The zero-order valence-corrected chi connectivity index (χ0v) is 13.8. The highest BCUT2D eigenvalue weighted by Crippen LogP contribution is 2.27. The van der Waals surface area contributed by atoms with E-state index in [4.69, 9.17) is 0 Å². The quantitative estimate of drug-likeness (QED) is 0.704. The minimum atomic E-state index is -2.80. The molecule has 20 heavy (non-hydrogen) atoms. The van der Waals surface area contributed by atoms with Crippen LogP contribution in [0, 0.1) is 0 Å². The predicted octanol–water partition coefficient (Wildman–Crippen LogP) is 5.11. The smallest absolute Gasteiger partial charge is 0.387 e. The summed E-state index contributed by atoms with van der Waals surface area (Å²) in [4.78, 5) is 0. The number of ether oxygens (including phenoxy) is 1. The van der Waals surface area contributed by atoms with Crippen molar-refractivity contribution in [1.82, 2.24) is 5.32 Å². The molecule has 1 aromatic rings. The second-order valence-corrected chi connectivity index (χ2v) is 5.74. The van der Waals surface area contributed by atoms with Crippen LogP contribution in [0.25, 0.3) is 0 Å². The van der Waals surface area contributed by atoms with Gasteiger partial charge in [0.15, 0.2) is 0 Å². The molecule has 114 valence electrons. The molecular formula is C15H22BrF2NO. The lowest BCUT2D eigenvalue weighted by Gasteiger charge is -2.32. The first-order chi connectivity index (χ1) is 9.46. The van der Waals surface area contributed by atoms with Crippen LogP contribution < -0.4 is 10.1 Å². The minimum Gasteiger partial charge on any atom is -0.434 e. The van der Waals surface area contributed by atoms with Crippen molar-refractivity contribution >= 4 is 15.9 Å². The Morgan fingerprint density at radius 3 is 2.30 bits per heavy atom. The molecule has 5 heteroatoms. The first-order valence-corrected chi connectivity index (χ1v) is 7.74. The van der Waals surface area contributed by atoms with Crippen molar-refractivity contribution in [2.24, 2.45) is 0 Å². The molecule has 0 aliphatic carbocycles. The molecule has 0 bridgehead atoms. The van der Waals surface area contributed by atoms with Gasteiger partial charge < -0.3 is 10.1 Å². The van der Waals surface area contributed by atoms with Crippen molar-refractivity contribution < 1.29 is 13.5 Å². The molecule has 0 heterocycles. The number of hydrogen-bond acceptors (Lipinski definition) is 2. The molecule has 0 radical (unpaired) electrons. The maximum Gasteiger partial charge on any atom is 0.387 e. The van der Waals surface area contributed by atoms with E-state index in [9.17, 15) is 8.78 Å². The first kappa shape index (κ1) is 17.4. The third-order valence-electron chi connectivity index (χ3n) is 3.92. The zero-order valence-electron chi connectivity index (χ0n) is 12.2. The van der Waals surface area contributed by atoms with Gasteiger partial charge in [0, 0.05) is 22.1 Å². The van der Waals surface area contributed by atoms with Crippen LogP contribution >= 0.6 is 15.9 Å². The van der Waals surface area contributed by atoms with Crippen LogP contribution in [0.1, 0.15) is 45.6 Å². The van der Waals surface area contributed by atoms with Crippen LogP contribution in [-0.4, -0.2) is 12.2 Å². The van der Waals surface area contributed by atoms with E-state index in [0.29, 0.717) is 6.54 Å². The standard InChI is InChI=1S/C15H22BrF2NO/c1-4-15(5-2,6-3)19-10-11-9-12(16)7-8-13(11)20-14(17)18/h7-9,14,19H,4-6,10H2,1-3H3. The summed E-state index contributed by atoms with van der Waals surface area (Å²) in [5.74, 6) is 0.230. The van der Waals surface area contributed by atoms with Gasteiger partial charge in [0.1, 0.15) is 5.75 Å². The van der Waals surface area contributed by atoms with Crippen LogP contribution in [0.4, 0.5) is 8.78 Å². The lowest BCUT2D eigenvalue weighted by atomic mass is 9.89. The van der Waals surface area contributed by atoms with Crippen LogP contribution in [-0.2, 0) is 6.54 Å². The van der Waals surface area contributed by atoms with E-state index in [1.165, 1.54) is 0 Å². The molecule has 0 aliphatic rings. The number of alkyl halides is 2. The number of rotatable bonds is 8. The summed E-state index contributed by atoms with van der Waals surface area (Å²) in [5, 5.41) is 3.49. The monoisotopic (exact) mass is 349 g/mol. The van der Waals surface area contributed by atoms with Gasteiger partial charge in [-0.25, -0.2) is 0 Å². The molecule has 1 rings (SSSR count). The van der Waals surface area contributed by atoms with Gasteiger partial charge in [-0.2, -0.15) is 8.78 Å². The molecule has 0 aliphatic heterocycles. The highest BCUT2D eigenvalue weighted by molar-refractivity contribution is 9.10. The van der Waals surface area contributed by atoms with Crippen molar-refractivity contribution in [1.29, 1.82) is 0 Å². The Bertz CT molecular complexity index is 414. The van der Waals surface area contributed by atoms with Crippen molar-refractivity contribution in [3.63, 3.8) is 0 Å². The molecule has 0 saturated carbocycles. The molecule has 0 fully saturated rings. The Kier molecular flexibility index (Phi) is 6.89. The van der Waals surface area contributed by atoms with Gasteiger partial charge in [0.2, 0.25) is 0 Å². The van der Waals surface area contributed by atoms with Gasteiger partial charge >= 0.3 is 6.61 Å². The SMILES string of the molecule is CCC(CC)(CC)NCc1cc(Br)ccc1OC(F)F. The molecule has 0 aromatic heterocycles. The van der Waals surface area contributed by atoms with Crippen molar-refractivity contribution in [2.45, 2.75) is 58.7 Å². The maximum absolute atomic E-state index is 12.4. The van der Waals surface area contributed by atoms with E-state index in [1.807, 2.05) is 6.07 Å². The van der Waals surface area contributed by atoms with Gasteiger partial charge in [-0.3, -0.25) is 0 Å². The van der Waals surface area contributed by atoms with Crippen molar-refractivity contribution in [3.8, 4) is 5.75 Å². The Balaban J connectivity index is 2.87. The lowest BCUT2D eigenvalue weighted by Crippen LogP contribution is -2.43. The number of nitrogens with one attached hydrogen (secondary N) is 1. The molecule has 0 atom stereocenters. The van der Waals surface area contributed by atoms with Crippen LogP contribution in [0.5, 0.6) is 5.75 Å². The normalized spacial score (nSPS) is 11.9. The van der Waals surface area contributed by atoms with E-state index in [0.717, 1.165) is 29.3 Å². The number of hydrogen-bond donors (Lipinski definition) is 1. The average molecular weight is 350 g/mol. The summed E-state index contributed by atoms with van der Waals surface area (Å²) >= 11 is 3.36. The summed E-state index contributed by atoms with van der Waals surface area (Å²) in [5.41, 5.74) is 0.782. The summed E-state index contributed by atoms with van der Waals surface area (Å²) in [6.07, 6.45) is 3.00. The number of benzene rings is 1. The molecule has 1 aromatic carbocycles. The third-order valence-corrected chi connectivity index (χ3v) is 4.42. The Morgan fingerprint density at radius 1 is 1.20 bits per heavy atom. The molecular weight excluding hydrogens is 328 g/mol. The summed E-state index contributed by atoms with van der Waals surface area (Å²) in [7, 11) is 0. The summed E-state index contributed by atoms with van der Waals surface area (Å²) < 4.78 is 30.3. The predicted molar refractivity (Wildman–Crippen MR) is 81.2 cm³/mol. The topological polar surface area (TPSA) is 21.3 Å². The van der Waals surface area contributed by atoms with E-state index < -0.39 is 6.61 Å². The van der Waals surface area contributed by atoms with Gasteiger partial charge in [0.05, 0.1) is 0 Å². The Labute approximate surface area is 128 Å². The van der Waals surface area contributed by atoms with Gasteiger partial charge in [-0.05, 0) is 37.5 Å². The largest absolute Gasteiger partial charge is 0.434 e. The maximum atomic E-state index is 12.4. The van der Waals surface area contributed by atoms with E-state index in [-0.39, 0.29) is 11.3 Å². The number of halogens is 3. The summed E-state index contributed by atoms with van der Waals surface area (Å²) in [6, 6.07) is 5.09. The molecule has 0 saturated heterocycles. The van der Waals surface area contributed by atoms with E-state index in [1.54, 1.807) is 12.1 Å². The zero-order chi connectivity index (χ0) is 15.2.